The van der Waals surface area contributed by atoms with Crippen molar-refractivity contribution < 1.29 is 13.0 Å². The zero-order valence-electron chi connectivity index (χ0n) is 18.4. The molecule has 0 fully saturated rings. The van der Waals surface area contributed by atoms with Crippen molar-refractivity contribution in [1.29, 1.82) is 0 Å². The molecule has 30 heavy (non-hydrogen) atoms. The van der Waals surface area contributed by atoms with Crippen molar-refractivity contribution in [1.82, 2.24) is 9.97 Å². The van der Waals surface area contributed by atoms with Gasteiger partial charge in [0.15, 0.2) is 0 Å². The zero-order chi connectivity index (χ0) is 21.7. The first kappa shape index (κ1) is 24.6. The molecule has 6 heteroatoms. The first-order valence-electron chi connectivity index (χ1n) is 11.6. The van der Waals surface area contributed by atoms with Gasteiger partial charge >= 0.3 is 0 Å². The molecule has 0 saturated heterocycles. The maximum absolute atomic E-state index is 11.2. The molecule has 2 N–H and O–H groups in total. The number of aromatic amines is 1. The van der Waals surface area contributed by atoms with Gasteiger partial charge in [0, 0.05) is 0 Å². The third-order valence-electron chi connectivity index (χ3n) is 5.52. The van der Waals surface area contributed by atoms with Crippen LogP contribution in [0.15, 0.2) is 29.2 Å². The van der Waals surface area contributed by atoms with E-state index in [2.05, 4.69) is 23.0 Å². The Labute approximate surface area is 182 Å². The Morgan fingerprint density at radius 2 is 1.47 bits per heavy atom. The topological polar surface area (TPSA) is 83.1 Å². The van der Waals surface area contributed by atoms with Gasteiger partial charge in [0.05, 0.1) is 15.9 Å². The predicted octanol–water partition coefficient (Wildman–Crippen LogP) is 7.30. The van der Waals surface area contributed by atoms with Crippen molar-refractivity contribution in [2.45, 2.75) is 102 Å². The molecule has 2 aromatic rings. The van der Waals surface area contributed by atoms with E-state index in [9.17, 15) is 8.42 Å². The van der Waals surface area contributed by atoms with Crippen LogP contribution in [0, 0.1) is 0 Å². The number of aromatic nitrogens is 2. The summed E-state index contributed by atoms with van der Waals surface area (Å²) in [5.41, 5.74) is 1.29. The normalized spacial score (nSPS) is 12.3. The van der Waals surface area contributed by atoms with E-state index in [1.165, 1.54) is 95.6 Å². The quantitative estimate of drug-likeness (QED) is 0.214. The Balaban J connectivity index is 1.53. The van der Waals surface area contributed by atoms with E-state index in [-0.39, 0.29) is 4.90 Å². The van der Waals surface area contributed by atoms with Crippen LogP contribution >= 0.6 is 0 Å². The zero-order valence-corrected chi connectivity index (χ0v) is 19.2. The molecule has 1 aromatic carbocycles. The Hall–Kier alpha value is -1.66. The number of unbranched alkanes of at least 4 members (excludes halogenated alkanes) is 13. The van der Waals surface area contributed by atoms with E-state index < -0.39 is 10.1 Å². The van der Waals surface area contributed by atoms with Crippen LogP contribution in [0.25, 0.3) is 17.1 Å². The van der Waals surface area contributed by atoms with Crippen LogP contribution in [0.5, 0.6) is 0 Å². The van der Waals surface area contributed by atoms with Gasteiger partial charge in [-0.3, -0.25) is 4.55 Å². The summed E-state index contributed by atoms with van der Waals surface area (Å²) in [4.78, 5) is 7.38. The van der Waals surface area contributed by atoms with Gasteiger partial charge in [0.2, 0.25) is 0 Å². The van der Waals surface area contributed by atoms with Crippen molar-refractivity contribution in [2.75, 3.05) is 0 Å². The summed E-state index contributed by atoms with van der Waals surface area (Å²) < 4.78 is 31.6. The first-order valence-corrected chi connectivity index (χ1v) is 13.1. The van der Waals surface area contributed by atoms with E-state index in [0.29, 0.717) is 16.9 Å². The molecular weight excluding hydrogens is 396 g/mol. The Bertz CT molecular complexity index is 872. The van der Waals surface area contributed by atoms with Gasteiger partial charge in [-0.25, -0.2) is 4.98 Å². The Morgan fingerprint density at radius 1 is 0.900 bits per heavy atom. The van der Waals surface area contributed by atoms with Gasteiger partial charge in [-0.2, -0.15) is 8.42 Å². The lowest BCUT2D eigenvalue weighted by Crippen LogP contribution is -1.97. The van der Waals surface area contributed by atoms with E-state index in [0.717, 1.165) is 6.42 Å². The highest BCUT2D eigenvalue weighted by Gasteiger charge is 2.11. The highest BCUT2D eigenvalue weighted by atomic mass is 32.2. The second-order valence-corrected chi connectivity index (χ2v) is 9.63. The molecule has 1 heterocycles. The number of nitrogens with one attached hydrogen (secondary N) is 1. The number of benzene rings is 1. The number of fused-ring (bicyclic) bond motifs is 1. The van der Waals surface area contributed by atoms with Gasteiger partial charge in [0.1, 0.15) is 5.82 Å². The number of allylic oxidation sites excluding steroid dienone is 1. The fourth-order valence-corrected chi connectivity index (χ4v) is 4.23. The molecule has 0 bridgehead atoms. The summed E-state index contributed by atoms with van der Waals surface area (Å²) in [7, 11) is -4.19. The molecule has 0 unspecified atom stereocenters. The van der Waals surface area contributed by atoms with Crippen LogP contribution in [0.4, 0.5) is 0 Å². The molecule has 2 rings (SSSR count). The summed E-state index contributed by atoms with van der Waals surface area (Å²) in [5, 5.41) is 0. The molecule has 0 spiro atoms. The highest BCUT2D eigenvalue weighted by Crippen LogP contribution is 2.18. The molecule has 0 amide bonds. The molecule has 0 radical (unpaired) electrons. The van der Waals surface area contributed by atoms with Crippen molar-refractivity contribution in [2.24, 2.45) is 0 Å². The first-order chi connectivity index (χ1) is 14.5. The second-order valence-electron chi connectivity index (χ2n) is 8.21. The van der Waals surface area contributed by atoms with Gasteiger partial charge in [0.25, 0.3) is 10.1 Å². The average molecular weight is 435 g/mol. The van der Waals surface area contributed by atoms with Gasteiger partial charge in [-0.05, 0) is 37.1 Å². The minimum atomic E-state index is -4.19. The molecule has 0 aliphatic carbocycles. The van der Waals surface area contributed by atoms with E-state index in [1.54, 1.807) is 6.07 Å². The van der Waals surface area contributed by atoms with Crippen LogP contribution in [0.2, 0.25) is 0 Å². The van der Waals surface area contributed by atoms with Crippen molar-refractivity contribution in [3.8, 4) is 0 Å². The molecule has 1 aromatic heterocycles. The third kappa shape index (κ3) is 9.43. The largest absolute Gasteiger partial charge is 0.338 e. The highest BCUT2D eigenvalue weighted by molar-refractivity contribution is 7.85. The predicted molar refractivity (Wildman–Crippen MR) is 125 cm³/mol. The SMILES string of the molecule is CCCCCCCCCCCCCCCC=Cc1nc2ccc(S(=O)(=O)O)cc2[nH]1. The summed E-state index contributed by atoms with van der Waals surface area (Å²) in [6.45, 7) is 2.27. The van der Waals surface area contributed by atoms with Crippen molar-refractivity contribution in [3.05, 3.63) is 30.1 Å². The van der Waals surface area contributed by atoms with Crippen LogP contribution in [-0.4, -0.2) is 22.9 Å². The number of H-pyrrole nitrogens is 1. The lowest BCUT2D eigenvalue weighted by Gasteiger charge is -2.02. The smallest absolute Gasteiger partial charge is 0.294 e. The number of rotatable bonds is 16. The monoisotopic (exact) mass is 434 g/mol. The van der Waals surface area contributed by atoms with E-state index in [4.69, 9.17) is 4.55 Å². The molecule has 0 saturated carbocycles. The third-order valence-corrected chi connectivity index (χ3v) is 6.37. The second kappa shape index (κ2) is 13.6. The fourth-order valence-electron chi connectivity index (χ4n) is 3.72. The number of nitrogens with zero attached hydrogens (tertiary/aromatic N) is 1. The van der Waals surface area contributed by atoms with Crippen LogP contribution in [-0.2, 0) is 10.1 Å². The minimum Gasteiger partial charge on any atom is -0.338 e. The molecule has 0 aliphatic rings. The summed E-state index contributed by atoms with van der Waals surface area (Å²) >= 11 is 0. The molecule has 5 nitrogen and oxygen atoms in total. The standard InChI is InChI=1S/C24H38N2O3S/c1-2-3-4-5-6-7-8-9-10-11-12-13-14-15-16-17-24-25-22-19-18-21(30(27,28)29)20-23(22)26-24/h16-20H,2-15H2,1H3,(H,25,26)(H,27,28,29). The van der Waals surface area contributed by atoms with Gasteiger partial charge < -0.3 is 4.98 Å². The van der Waals surface area contributed by atoms with Crippen LogP contribution < -0.4 is 0 Å². The van der Waals surface area contributed by atoms with Crippen molar-refractivity contribution in [3.63, 3.8) is 0 Å². The van der Waals surface area contributed by atoms with Gasteiger partial charge in [-0.1, -0.05) is 90.0 Å². The minimum absolute atomic E-state index is 0.124. The van der Waals surface area contributed by atoms with Gasteiger partial charge in [-0.15, -0.1) is 0 Å². The van der Waals surface area contributed by atoms with Crippen LogP contribution in [0.3, 0.4) is 0 Å². The Morgan fingerprint density at radius 3 is 2.03 bits per heavy atom. The number of hydrogen-bond donors (Lipinski definition) is 2. The maximum Gasteiger partial charge on any atom is 0.294 e. The molecule has 0 atom stereocenters. The molecule has 168 valence electrons. The fraction of sp³-hybridized carbons (Fsp3) is 0.625. The lowest BCUT2D eigenvalue weighted by atomic mass is 10.0. The number of hydrogen-bond acceptors (Lipinski definition) is 3. The maximum atomic E-state index is 11.2. The average Bonchev–Trinajstić information content (AvgIpc) is 3.12. The Kier molecular flexibility index (Phi) is 11.2. The molecule has 0 aliphatic heterocycles. The molecular formula is C24H38N2O3S. The van der Waals surface area contributed by atoms with E-state index >= 15 is 0 Å². The number of imidazole rings is 1. The van der Waals surface area contributed by atoms with E-state index in [1.807, 2.05) is 6.08 Å². The van der Waals surface area contributed by atoms with Crippen molar-refractivity contribution >= 4 is 27.2 Å². The summed E-state index contributed by atoms with van der Waals surface area (Å²) in [5.74, 6) is 0.701. The summed E-state index contributed by atoms with van der Waals surface area (Å²) in [6.07, 6.45) is 22.7. The van der Waals surface area contributed by atoms with Crippen LogP contribution in [0.1, 0.15) is 103 Å². The lowest BCUT2D eigenvalue weighted by molar-refractivity contribution is 0.483. The summed E-state index contributed by atoms with van der Waals surface area (Å²) in [6, 6.07) is 4.36.